The van der Waals surface area contributed by atoms with E-state index in [1.807, 2.05) is 21.7 Å². The summed E-state index contributed by atoms with van der Waals surface area (Å²) in [6.45, 7) is 3.21. The number of rotatable bonds is 13. The average Bonchev–Trinajstić information content (AvgIpc) is 2.86. The van der Waals surface area contributed by atoms with E-state index >= 15 is 0 Å². The molecule has 26 heavy (non-hydrogen) atoms. The van der Waals surface area contributed by atoms with Gasteiger partial charge in [0, 0.05) is 12.6 Å². The number of phosphoric acid groups is 2. The second-order valence-electron chi connectivity index (χ2n) is 6.40. The van der Waals surface area contributed by atoms with Crippen LogP contribution in [0.2, 0.25) is 0 Å². The quantitative estimate of drug-likeness (QED) is 0.223. The third-order valence-electron chi connectivity index (χ3n) is 3.60. The second-order valence-corrected chi connectivity index (χ2v) is 9.26. The molecule has 5 unspecified atom stereocenters. The third-order valence-corrected chi connectivity index (χ3v) is 5.66. The molecule has 0 aromatic heterocycles. The first-order valence-corrected chi connectivity index (χ1v) is 11.6. The summed E-state index contributed by atoms with van der Waals surface area (Å²) in [6.07, 6.45) is -0.0160. The number of aliphatic hydroxyl groups is 1. The van der Waals surface area contributed by atoms with Gasteiger partial charge in [0.2, 0.25) is 0 Å². The Kier molecular flexibility index (Phi) is 10.5. The van der Waals surface area contributed by atoms with Crippen LogP contribution in [0, 0.1) is 5.92 Å². The summed E-state index contributed by atoms with van der Waals surface area (Å²) < 4.78 is 48.6. The predicted molar refractivity (Wildman–Crippen MR) is 95.4 cm³/mol. The first kappa shape index (κ1) is 24.2. The maximum atomic E-state index is 12.0. The number of aliphatic hydroxyl groups excluding tert-OH is 1. The molecule has 0 aliphatic carbocycles. The van der Waals surface area contributed by atoms with Gasteiger partial charge in [-0.15, -0.1) is 0 Å². The van der Waals surface area contributed by atoms with Gasteiger partial charge >= 0.3 is 15.6 Å². The summed E-state index contributed by atoms with van der Waals surface area (Å²) >= 11 is 0. The van der Waals surface area contributed by atoms with E-state index in [0.29, 0.717) is 6.42 Å². The molecule has 5 atom stereocenters. The fourth-order valence-corrected chi connectivity index (χ4v) is 4.23. The van der Waals surface area contributed by atoms with Crippen molar-refractivity contribution in [3.05, 3.63) is 0 Å². The van der Waals surface area contributed by atoms with Crippen LogP contribution in [0.25, 0.3) is 0 Å². The minimum Gasteiger partial charge on any atom is -0.396 e. The van der Waals surface area contributed by atoms with Gasteiger partial charge in [-0.2, -0.15) is 0 Å². The van der Waals surface area contributed by atoms with Crippen molar-refractivity contribution in [2.45, 2.75) is 51.3 Å². The molecule has 0 radical (unpaired) electrons. The van der Waals surface area contributed by atoms with Gasteiger partial charge in [0.25, 0.3) is 0 Å². The predicted octanol–water partition coefficient (Wildman–Crippen LogP) is 0.799. The topological polar surface area (TPSA) is 141 Å². The molecule has 154 valence electrons. The summed E-state index contributed by atoms with van der Waals surface area (Å²) in [5.41, 5.74) is 0. The molecule has 1 fully saturated rings. The van der Waals surface area contributed by atoms with E-state index in [-0.39, 0.29) is 57.3 Å². The van der Waals surface area contributed by atoms with Gasteiger partial charge in [-0.3, -0.25) is 18.1 Å². The zero-order valence-electron chi connectivity index (χ0n) is 15.4. The minimum absolute atomic E-state index is 0.0645. The van der Waals surface area contributed by atoms with Gasteiger partial charge in [-0.05, 0) is 25.2 Å². The minimum atomic E-state index is -4.27. The van der Waals surface area contributed by atoms with Gasteiger partial charge < -0.3 is 19.6 Å². The maximum Gasteiger partial charge on any atom is 0.472 e. The van der Waals surface area contributed by atoms with Crippen molar-refractivity contribution in [1.82, 2.24) is 0 Å². The molecule has 1 heterocycles. The highest BCUT2D eigenvalue weighted by atomic mass is 31.2. The van der Waals surface area contributed by atoms with Gasteiger partial charge in [0.05, 0.1) is 32.0 Å². The molecule has 0 spiro atoms. The van der Waals surface area contributed by atoms with Crippen LogP contribution in [-0.2, 0) is 32.0 Å². The average molecular weight is 418 g/mol. The summed E-state index contributed by atoms with van der Waals surface area (Å²) in [5, 5.41) is 8.57. The highest BCUT2D eigenvalue weighted by molar-refractivity contribution is 7.47. The van der Waals surface area contributed by atoms with Gasteiger partial charge in [0.15, 0.2) is 0 Å². The lowest BCUT2D eigenvalue weighted by Crippen LogP contribution is -2.28. The molecular weight excluding hydrogens is 389 g/mol. The van der Waals surface area contributed by atoms with Gasteiger partial charge in [-0.1, -0.05) is 13.8 Å². The molecule has 13 heteroatoms. The lowest BCUT2D eigenvalue weighted by Gasteiger charge is -2.24. The number of hydrogen-bond donors (Lipinski definition) is 3. The Labute approximate surface area is 154 Å². The Morgan fingerprint density at radius 3 is 2.15 bits per heavy atom. The Morgan fingerprint density at radius 2 is 1.62 bits per heavy atom. The van der Waals surface area contributed by atoms with Crippen LogP contribution >= 0.6 is 15.6 Å². The number of ether oxygens (including phenoxy) is 1. The van der Waals surface area contributed by atoms with E-state index in [9.17, 15) is 18.9 Å². The zero-order valence-corrected chi connectivity index (χ0v) is 17.1. The smallest absolute Gasteiger partial charge is 0.396 e. The van der Waals surface area contributed by atoms with Crippen LogP contribution in [0.5, 0.6) is 0 Å². The normalized spacial score (nSPS) is 28.2. The van der Waals surface area contributed by atoms with Crippen molar-refractivity contribution < 1.29 is 46.9 Å². The van der Waals surface area contributed by atoms with E-state index in [0.717, 1.165) is 0 Å². The molecule has 0 aromatic rings. The van der Waals surface area contributed by atoms with Crippen LogP contribution in [0.1, 0.15) is 33.1 Å². The Balaban J connectivity index is 2.29. The molecule has 1 aliphatic heterocycles. The molecule has 0 aromatic carbocycles. The summed E-state index contributed by atoms with van der Waals surface area (Å²) in [7, 11) is -6.60. The lowest BCUT2D eigenvalue weighted by atomic mass is 9.94. The van der Waals surface area contributed by atoms with Crippen molar-refractivity contribution in [3.63, 3.8) is 0 Å². The second kappa shape index (κ2) is 11.3. The SMILES string of the molecule is BC1CC(OP(=O)(O)OCCCOP(=O)(O)OCCCO)C(C(C)C)O1. The van der Waals surface area contributed by atoms with Crippen molar-refractivity contribution in [2.24, 2.45) is 5.92 Å². The summed E-state index contributed by atoms with van der Waals surface area (Å²) in [4.78, 5) is 19.2. The molecule has 0 saturated carbocycles. The van der Waals surface area contributed by atoms with Crippen LogP contribution in [0.4, 0.5) is 0 Å². The van der Waals surface area contributed by atoms with Crippen LogP contribution < -0.4 is 0 Å². The summed E-state index contributed by atoms with van der Waals surface area (Å²) in [6, 6.07) is -0.0645. The van der Waals surface area contributed by atoms with Crippen molar-refractivity contribution in [1.29, 1.82) is 0 Å². The van der Waals surface area contributed by atoms with Crippen molar-refractivity contribution >= 4 is 23.5 Å². The fourth-order valence-electron chi connectivity index (χ4n) is 2.46. The molecule has 1 aliphatic rings. The maximum absolute atomic E-state index is 12.0. The van der Waals surface area contributed by atoms with Crippen LogP contribution in [0.3, 0.4) is 0 Å². The molecule has 1 rings (SSSR count). The van der Waals surface area contributed by atoms with E-state index in [1.165, 1.54) is 0 Å². The largest absolute Gasteiger partial charge is 0.472 e. The Hall–Kier alpha value is 0.205. The fraction of sp³-hybridized carbons (Fsp3) is 1.00. The molecule has 10 nitrogen and oxygen atoms in total. The Morgan fingerprint density at radius 1 is 1.08 bits per heavy atom. The molecule has 3 N–H and O–H groups in total. The van der Waals surface area contributed by atoms with Crippen LogP contribution in [0.15, 0.2) is 0 Å². The van der Waals surface area contributed by atoms with Crippen molar-refractivity contribution in [2.75, 3.05) is 26.4 Å². The lowest BCUT2D eigenvalue weighted by molar-refractivity contribution is -0.00181. The Bertz CT molecular complexity index is 505. The summed E-state index contributed by atoms with van der Waals surface area (Å²) in [5.74, 6) is 0.128. The molecule has 0 bridgehead atoms. The zero-order chi connectivity index (χ0) is 19.8. The molecule has 0 amide bonds. The molecule has 1 saturated heterocycles. The van der Waals surface area contributed by atoms with Gasteiger partial charge in [-0.25, -0.2) is 9.13 Å². The molecular formula is C13H29BO10P2. The highest BCUT2D eigenvalue weighted by Crippen LogP contribution is 2.48. The number of hydrogen-bond acceptors (Lipinski definition) is 8. The first-order chi connectivity index (χ1) is 12.1. The van der Waals surface area contributed by atoms with Gasteiger partial charge in [0.1, 0.15) is 7.85 Å². The van der Waals surface area contributed by atoms with Crippen molar-refractivity contribution in [3.8, 4) is 0 Å². The number of phosphoric ester groups is 2. The standard InChI is InChI=1S/C13H29BO10P2/c1-10(2)13-11(9-12(14)23-13)24-26(18,19)22-8-4-7-21-25(16,17)20-6-3-5-15/h10-13,15H,3-9,14H2,1-2H3,(H,16,17)(H,18,19). The first-order valence-electron chi connectivity index (χ1n) is 8.60. The third kappa shape index (κ3) is 9.42. The van der Waals surface area contributed by atoms with E-state index in [2.05, 4.69) is 9.05 Å². The highest BCUT2D eigenvalue weighted by Gasteiger charge is 2.40. The monoisotopic (exact) mass is 418 g/mol. The van der Waals surface area contributed by atoms with E-state index in [1.54, 1.807) is 0 Å². The van der Waals surface area contributed by atoms with E-state index in [4.69, 9.17) is 18.9 Å². The van der Waals surface area contributed by atoms with Crippen LogP contribution in [-0.4, -0.2) is 67.4 Å². The van der Waals surface area contributed by atoms with E-state index < -0.39 is 21.7 Å².